The van der Waals surface area contributed by atoms with Crippen LogP contribution in [0.4, 0.5) is 0 Å². The topological polar surface area (TPSA) is 32.8 Å². The molecule has 0 amide bonds. The van der Waals surface area contributed by atoms with Gasteiger partial charge < -0.3 is 9.84 Å². The summed E-state index contributed by atoms with van der Waals surface area (Å²) in [6.45, 7) is 9.11. The highest BCUT2D eigenvalue weighted by molar-refractivity contribution is 5.23. The van der Waals surface area contributed by atoms with Crippen molar-refractivity contribution in [2.24, 2.45) is 10.8 Å². The van der Waals surface area contributed by atoms with E-state index in [0.717, 1.165) is 19.3 Å². The SMILES string of the molecule is CC1(C)CCC[C@@]2(C)CC[C@](C)(O)C[C@@H]3O[C@]312. The average Bonchev–Trinajstić information content (AvgIpc) is 2.88. The second kappa shape index (κ2) is 3.08. The van der Waals surface area contributed by atoms with Gasteiger partial charge in [0.1, 0.15) is 5.60 Å². The van der Waals surface area contributed by atoms with Crippen molar-refractivity contribution in [3.63, 3.8) is 0 Å². The molecule has 1 N–H and O–H groups in total. The molecule has 98 valence electrons. The van der Waals surface area contributed by atoms with Crippen molar-refractivity contribution < 1.29 is 9.84 Å². The summed E-state index contributed by atoms with van der Waals surface area (Å²) in [6.07, 6.45) is 7.00. The van der Waals surface area contributed by atoms with Gasteiger partial charge in [0.2, 0.25) is 0 Å². The first-order chi connectivity index (χ1) is 7.73. The van der Waals surface area contributed by atoms with E-state index in [9.17, 15) is 5.11 Å². The lowest BCUT2D eigenvalue weighted by Crippen LogP contribution is -2.51. The maximum absolute atomic E-state index is 10.4. The van der Waals surface area contributed by atoms with E-state index in [1.165, 1.54) is 19.3 Å². The molecule has 0 aromatic carbocycles. The maximum Gasteiger partial charge on any atom is 0.105 e. The molecule has 2 nitrogen and oxygen atoms in total. The Morgan fingerprint density at radius 2 is 1.71 bits per heavy atom. The van der Waals surface area contributed by atoms with Crippen molar-refractivity contribution >= 4 is 0 Å². The van der Waals surface area contributed by atoms with E-state index in [0.29, 0.717) is 6.10 Å². The van der Waals surface area contributed by atoms with Crippen LogP contribution in [0.5, 0.6) is 0 Å². The monoisotopic (exact) mass is 238 g/mol. The molecule has 1 saturated heterocycles. The number of ether oxygens (including phenoxy) is 1. The molecular weight excluding hydrogens is 212 g/mol. The third-order valence-corrected chi connectivity index (χ3v) is 6.00. The summed E-state index contributed by atoms with van der Waals surface area (Å²) in [5.41, 5.74) is 0.0777. The van der Waals surface area contributed by atoms with Gasteiger partial charge in [-0.2, -0.15) is 0 Å². The summed E-state index contributed by atoms with van der Waals surface area (Å²) < 4.78 is 6.24. The lowest BCUT2D eigenvalue weighted by atomic mass is 9.54. The van der Waals surface area contributed by atoms with Crippen LogP contribution in [0, 0.1) is 10.8 Å². The van der Waals surface area contributed by atoms with Crippen LogP contribution in [0.15, 0.2) is 0 Å². The maximum atomic E-state index is 10.4. The Morgan fingerprint density at radius 3 is 2.41 bits per heavy atom. The van der Waals surface area contributed by atoms with Gasteiger partial charge in [0.15, 0.2) is 0 Å². The summed E-state index contributed by atoms with van der Waals surface area (Å²) in [5, 5.41) is 10.4. The Kier molecular flexibility index (Phi) is 2.17. The van der Waals surface area contributed by atoms with Crippen LogP contribution in [-0.2, 0) is 4.74 Å². The van der Waals surface area contributed by atoms with Crippen LogP contribution in [0.1, 0.15) is 66.2 Å². The third-order valence-electron chi connectivity index (χ3n) is 6.00. The van der Waals surface area contributed by atoms with Gasteiger partial charge in [0.05, 0.1) is 11.7 Å². The summed E-state index contributed by atoms with van der Waals surface area (Å²) in [7, 11) is 0. The Bertz CT molecular complexity index is 347. The lowest BCUT2D eigenvalue weighted by molar-refractivity contribution is -0.0495. The molecule has 1 spiro atoms. The van der Waals surface area contributed by atoms with Crippen molar-refractivity contribution in [2.75, 3.05) is 0 Å². The standard InChI is InChI=1S/C15H26O2/c1-12(2)6-5-7-13(3)8-9-14(4,16)10-11-15(12,13)17-11/h11,16H,5-10H2,1-4H3/t11-,13-,14-,15+/m0/s1. The van der Waals surface area contributed by atoms with E-state index in [-0.39, 0.29) is 16.4 Å². The zero-order valence-electron chi connectivity index (χ0n) is 11.7. The second-order valence-corrected chi connectivity index (χ2v) is 7.84. The quantitative estimate of drug-likeness (QED) is 0.657. The predicted molar refractivity (Wildman–Crippen MR) is 67.8 cm³/mol. The van der Waals surface area contributed by atoms with Crippen molar-refractivity contribution in [2.45, 2.75) is 83.5 Å². The summed E-state index contributed by atoms with van der Waals surface area (Å²) >= 11 is 0. The first-order valence-corrected chi connectivity index (χ1v) is 7.13. The highest BCUT2D eigenvalue weighted by atomic mass is 16.6. The molecule has 3 rings (SSSR count). The molecule has 0 aromatic heterocycles. The summed E-state index contributed by atoms with van der Waals surface area (Å²) in [4.78, 5) is 0. The van der Waals surface area contributed by atoms with Crippen LogP contribution in [0.2, 0.25) is 0 Å². The van der Waals surface area contributed by atoms with E-state index in [1.54, 1.807) is 0 Å². The minimum Gasteiger partial charge on any atom is -0.390 e. The van der Waals surface area contributed by atoms with Crippen molar-refractivity contribution in [3.8, 4) is 0 Å². The van der Waals surface area contributed by atoms with E-state index in [2.05, 4.69) is 20.8 Å². The summed E-state index contributed by atoms with van der Waals surface area (Å²) in [5.74, 6) is 0. The van der Waals surface area contributed by atoms with Crippen molar-refractivity contribution in [1.29, 1.82) is 0 Å². The number of rotatable bonds is 0. The zero-order valence-corrected chi connectivity index (χ0v) is 11.7. The van der Waals surface area contributed by atoms with Crippen LogP contribution >= 0.6 is 0 Å². The highest BCUT2D eigenvalue weighted by Gasteiger charge is 2.75. The molecule has 3 fully saturated rings. The fourth-order valence-corrected chi connectivity index (χ4v) is 4.97. The predicted octanol–water partition coefficient (Wildman–Crippen LogP) is 3.28. The Balaban J connectivity index is 2.01. The van der Waals surface area contributed by atoms with Crippen LogP contribution in [-0.4, -0.2) is 22.4 Å². The molecular formula is C15H26O2. The zero-order chi connectivity index (χ0) is 12.5. The number of aliphatic hydroxyl groups is 1. The minimum atomic E-state index is -0.523. The van der Waals surface area contributed by atoms with Gasteiger partial charge in [0, 0.05) is 6.42 Å². The molecule has 2 saturated carbocycles. The van der Waals surface area contributed by atoms with Gasteiger partial charge in [-0.05, 0) is 43.4 Å². The normalized spacial score (nSPS) is 56.6. The highest BCUT2D eigenvalue weighted by Crippen LogP contribution is 2.70. The van der Waals surface area contributed by atoms with Crippen LogP contribution in [0.25, 0.3) is 0 Å². The first-order valence-electron chi connectivity index (χ1n) is 7.13. The van der Waals surface area contributed by atoms with Gasteiger partial charge in [0.25, 0.3) is 0 Å². The van der Waals surface area contributed by atoms with Gasteiger partial charge in [-0.3, -0.25) is 0 Å². The van der Waals surface area contributed by atoms with E-state index >= 15 is 0 Å². The molecule has 0 bridgehead atoms. The van der Waals surface area contributed by atoms with E-state index in [4.69, 9.17) is 4.74 Å². The second-order valence-electron chi connectivity index (χ2n) is 7.84. The fourth-order valence-electron chi connectivity index (χ4n) is 4.97. The molecule has 2 heteroatoms. The van der Waals surface area contributed by atoms with Gasteiger partial charge in [-0.25, -0.2) is 0 Å². The Hall–Kier alpha value is -0.0800. The fraction of sp³-hybridized carbons (Fsp3) is 1.00. The van der Waals surface area contributed by atoms with Crippen molar-refractivity contribution in [3.05, 3.63) is 0 Å². The van der Waals surface area contributed by atoms with E-state index in [1.807, 2.05) is 6.92 Å². The number of epoxide rings is 1. The molecule has 0 aromatic rings. The largest absolute Gasteiger partial charge is 0.390 e. The molecule has 0 unspecified atom stereocenters. The molecule has 0 radical (unpaired) electrons. The first kappa shape index (κ1) is 12.0. The number of hydrogen-bond donors (Lipinski definition) is 1. The van der Waals surface area contributed by atoms with Gasteiger partial charge in [-0.15, -0.1) is 0 Å². The summed E-state index contributed by atoms with van der Waals surface area (Å²) in [6, 6.07) is 0. The van der Waals surface area contributed by atoms with Crippen molar-refractivity contribution in [1.82, 2.24) is 0 Å². The molecule has 3 aliphatic rings. The Labute approximate surface area is 105 Å². The molecule has 2 aliphatic carbocycles. The number of hydrogen-bond acceptors (Lipinski definition) is 2. The molecule has 17 heavy (non-hydrogen) atoms. The average molecular weight is 238 g/mol. The molecule has 4 atom stereocenters. The van der Waals surface area contributed by atoms with E-state index < -0.39 is 5.60 Å². The smallest absolute Gasteiger partial charge is 0.105 e. The molecule has 1 heterocycles. The minimum absolute atomic E-state index is 0.0543. The van der Waals surface area contributed by atoms with Crippen LogP contribution in [0.3, 0.4) is 0 Å². The Morgan fingerprint density at radius 1 is 1.00 bits per heavy atom. The van der Waals surface area contributed by atoms with Gasteiger partial charge in [-0.1, -0.05) is 27.2 Å². The lowest BCUT2D eigenvalue weighted by Gasteiger charge is -2.49. The van der Waals surface area contributed by atoms with Gasteiger partial charge >= 0.3 is 0 Å². The third kappa shape index (κ3) is 1.40. The van der Waals surface area contributed by atoms with Crippen LogP contribution < -0.4 is 0 Å². The molecule has 1 aliphatic heterocycles.